The van der Waals surface area contributed by atoms with Crippen molar-refractivity contribution in [1.82, 2.24) is 0 Å². The van der Waals surface area contributed by atoms with Gasteiger partial charge in [0.15, 0.2) is 6.29 Å². The average Bonchev–Trinajstić information content (AvgIpc) is 2.06. The summed E-state index contributed by atoms with van der Waals surface area (Å²) in [5.74, 6) is 0. The van der Waals surface area contributed by atoms with Crippen LogP contribution >= 0.6 is 0 Å². The van der Waals surface area contributed by atoms with Gasteiger partial charge in [-0.25, -0.2) is 0 Å². The van der Waals surface area contributed by atoms with E-state index >= 15 is 0 Å². The van der Waals surface area contributed by atoms with Crippen molar-refractivity contribution in [1.29, 1.82) is 0 Å². The van der Waals surface area contributed by atoms with Crippen LogP contribution in [0.2, 0.25) is 0 Å². The molecular weight excluding hydrogens is 176 g/mol. The first-order chi connectivity index (χ1) is 6.02. The van der Waals surface area contributed by atoms with Crippen molar-refractivity contribution in [3.8, 4) is 0 Å². The van der Waals surface area contributed by atoms with Gasteiger partial charge in [-0.3, -0.25) is 0 Å². The molecule has 3 N–H and O–H groups in total. The van der Waals surface area contributed by atoms with Gasteiger partial charge < -0.3 is 24.8 Å². The summed E-state index contributed by atoms with van der Waals surface area (Å²) in [4.78, 5) is 0. The molecule has 1 heterocycles. The zero-order valence-electron chi connectivity index (χ0n) is 7.75. The summed E-state index contributed by atoms with van der Waals surface area (Å²) < 4.78 is 10.2. The van der Waals surface area contributed by atoms with E-state index in [1.54, 1.807) is 13.8 Å². The highest BCUT2D eigenvalue weighted by atomic mass is 16.7. The summed E-state index contributed by atoms with van der Waals surface area (Å²) in [6.07, 6.45) is -4.37. The van der Waals surface area contributed by atoms with Gasteiger partial charge >= 0.3 is 0 Å². The number of ether oxygens (including phenoxy) is 2. The van der Waals surface area contributed by atoms with Crippen LogP contribution in [-0.2, 0) is 9.47 Å². The fraction of sp³-hybridized carbons (Fsp3) is 1.00. The SMILES string of the molecule is CC(C)O[C@H]1OC[C@@H](O)[C@H](O)C1O. The normalized spacial score (nSPS) is 41.1. The molecule has 1 rings (SSSR count). The molecule has 0 saturated carbocycles. The van der Waals surface area contributed by atoms with E-state index in [0.29, 0.717) is 0 Å². The Bertz CT molecular complexity index is 161. The van der Waals surface area contributed by atoms with Crippen molar-refractivity contribution in [2.24, 2.45) is 0 Å². The highest BCUT2D eigenvalue weighted by Crippen LogP contribution is 2.17. The first kappa shape index (κ1) is 10.9. The van der Waals surface area contributed by atoms with Gasteiger partial charge in [0.1, 0.15) is 18.3 Å². The minimum atomic E-state index is -1.20. The topological polar surface area (TPSA) is 79.2 Å². The Labute approximate surface area is 76.9 Å². The first-order valence-electron chi connectivity index (χ1n) is 4.33. The summed E-state index contributed by atoms with van der Waals surface area (Å²) in [7, 11) is 0. The number of hydrogen-bond acceptors (Lipinski definition) is 5. The Hall–Kier alpha value is -0.200. The second-order valence-electron chi connectivity index (χ2n) is 3.44. The van der Waals surface area contributed by atoms with Gasteiger partial charge in [0, 0.05) is 0 Å². The summed E-state index contributed by atoms with van der Waals surface area (Å²) in [6.45, 7) is 3.58. The van der Waals surface area contributed by atoms with Crippen LogP contribution < -0.4 is 0 Å². The summed E-state index contributed by atoms with van der Waals surface area (Å²) >= 11 is 0. The molecule has 0 aromatic rings. The van der Waals surface area contributed by atoms with Crippen molar-refractivity contribution >= 4 is 0 Å². The lowest BCUT2D eigenvalue weighted by Gasteiger charge is -2.35. The van der Waals surface area contributed by atoms with Crippen LogP contribution in [0.3, 0.4) is 0 Å². The molecule has 5 nitrogen and oxygen atoms in total. The van der Waals surface area contributed by atoms with E-state index in [9.17, 15) is 10.2 Å². The molecule has 1 aliphatic rings. The minimum absolute atomic E-state index is 0.0182. The molecule has 0 aromatic carbocycles. The second-order valence-corrected chi connectivity index (χ2v) is 3.44. The van der Waals surface area contributed by atoms with Gasteiger partial charge in [-0.15, -0.1) is 0 Å². The van der Waals surface area contributed by atoms with Crippen molar-refractivity contribution in [2.45, 2.75) is 44.6 Å². The van der Waals surface area contributed by atoms with Crippen molar-refractivity contribution in [2.75, 3.05) is 6.61 Å². The van der Waals surface area contributed by atoms with Crippen LogP contribution in [-0.4, -0.2) is 52.6 Å². The predicted octanol–water partition coefficient (Wildman–Crippen LogP) is -1.15. The molecular formula is C8H16O5. The summed E-state index contributed by atoms with van der Waals surface area (Å²) in [5.41, 5.74) is 0. The Morgan fingerprint density at radius 3 is 2.38 bits per heavy atom. The lowest BCUT2D eigenvalue weighted by molar-refractivity contribution is -0.278. The van der Waals surface area contributed by atoms with E-state index in [1.807, 2.05) is 0 Å². The van der Waals surface area contributed by atoms with Crippen LogP contribution in [0.15, 0.2) is 0 Å². The fourth-order valence-electron chi connectivity index (χ4n) is 1.17. The lowest BCUT2D eigenvalue weighted by Crippen LogP contribution is -2.54. The Kier molecular flexibility index (Phi) is 3.63. The maximum atomic E-state index is 9.40. The number of aliphatic hydroxyl groups is 3. The number of rotatable bonds is 2. The predicted molar refractivity (Wildman–Crippen MR) is 44.0 cm³/mol. The number of aliphatic hydroxyl groups excluding tert-OH is 3. The molecule has 1 aliphatic heterocycles. The van der Waals surface area contributed by atoms with E-state index in [0.717, 1.165) is 0 Å². The highest BCUT2D eigenvalue weighted by Gasteiger charge is 2.38. The summed E-state index contributed by atoms with van der Waals surface area (Å²) in [6, 6.07) is 0. The number of hydrogen-bond donors (Lipinski definition) is 3. The van der Waals surface area contributed by atoms with Crippen molar-refractivity contribution in [3.05, 3.63) is 0 Å². The van der Waals surface area contributed by atoms with E-state index in [-0.39, 0.29) is 12.7 Å². The monoisotopic (exact) mass is 192 g/mol. The largest absolute Gasteiger partial charge is 0.388 e. The second kappa shape index (κ2) is 4.34. The van der Waals surface area contributed by atoms with Gasteiger partial charge in [-0.05, 0) is 13.8 Å². The molecule has 5 heteroatoms. The van der Waals surface area contributed by atoms with Gasteiger partial charge in [0.25, 0.3) is 0 Å². The maximum Gasteiger partial charge on any atom is 0.186 e. The standard InChI is InChI=1S/C8H16O5/c1-4(2)13-8-7(11)6(10)5(9)3-12-8/h4-11H,3H2,1-2H3/t5-,6+,7?,8-/m1/s1. The zero-order chi connectivity index (χ0) is 10.0. The zero-order valence-corrected chi connectivity index (χ0v) is 7.75. The van der Waals surface area contributed by atoms with Crippen LogP contribution in [0.1, 0.15) is 13.8 Å². The van der Waals surface area contributed by atoms with Crippen LogP contribution in [0.25, 0.3) is 0 Å². The van der Waals surface area contributed by atoms with E-state index in [4.69, 9.17) is 14.6 Å². The first-order valence-corrected chi connectivity index (χ1v) is 4.33. The third-order valence-corrected chi connectivity index (χ3v) is 1.86. The molecule has 4 atom stereocenters. The van der Waals surface area contributed by atoms with Crippen LogP contribution in [0.5, 0.6) is 0 Å². The third kappa shape index (κ3) is 2.62. The molecule has 1 saturated heterocycles. The molecule has 0 spiro atoms. The Morgan fingerprint density at radius 1 is 1.23 bits per heavy atom. The minimum Gasteiger partial charge on any atom is -0.388 e. The molecule has 78 valence electrons. The Morgan fingerprint density at radius 2 is 1.85 bits per heavy atom. The van der Waals surface area contributed by atoms with E-state index in [1.165, 1.54) is 0 Å². The average molecular weight is 192 g/mol. The van der Waals surface area contributed by atoms with Crippen LogP contribution in [0, 0.1) is 0 Å². The maximum absolute atomic E-state index is 9.40. The molecule has 1 unspecified atom stereocenters. The van der Waals surface area contributed by atoms with Gasteiger partial charge in [0.05, 0.1) is 12.7 Å². The highest BCUT2D eigenvalue weighted by molar-refractivity contribution is 4.82. The lowest BCUT2D eigenvalue weighted by atomic mass is 10.1. The van der Waals surface area contributed by atoms with Crippen molar-refractivity contribution < 1.29 is 24.8 Å². The van der Waals surface area contributed by atoms with Gasteiger partial charge in [0.2, 0.25) is 0 Å². The molecule has 0 bridgehead atoms. The molecule has 0 amide bonds. The molecule has 0 aliphatic carbocycles. The quantitative estimate of drug-likeness (QED) is 0.515. The molecule has 0 radical (unpaired) electrons. The Balaban J connectivity index is 2.48. The smallest absolute Gasteiger partial charge is 0.186 e. The van der Waals surface area contributed by atoms with E-state index < -0.39 is 24.6 Å². The summed E-state index contributed by atoms with van der Waals surface area (Å²) in [5, 5.41) is 27.8. The van der Waals surface area contributed by atoms with E-state index in [2.05, 4.69) is 0 Å². The van der Waals surface area contributed by atoms with Gasteiger partial charge in [-0.2, -0.15) is 0 Å². The molecule has 13 heavy (non-hydrogen) atoms. The van der Waals surface area contributed by atoms with Gasteiger partial charge in [-0.1, -0.05) is 0 Å². The fourth-order valence-corrected chi connectivity index (χ4v) is 1.17. The van der Waals surface area contributed by atoms with Crippen molar-refractivity contribution in [3.63, 3.8) is 0 Å². The van der Waals surface area contributed by atoms with Crippen LogP contribution in [0.4, 0.5) is 0 Å². The molecule has 0 aromatic heterocycles. The third-order valence-electron chi connectivity index (χ3n) is 1.86. The molecule has 1 fully saturated rings.